The highest BCUT2D eigenvalue weighted by Gasteiger charge is 2.07. The molecule has 0 fully saturated rings. The zero-order valence-corrected chi connectivity index (χ0v) is 12.5. The molecule has 0 aliphatic rings. The third-order valence-electron chi connectivity index (χ3n) is 2.76. The van der Waals surface area contributed by atoms with E-state index in [2.05, 4.69) is 42.2 Å². The molecular weight excluding hydrogens is 270 g/mol. The van der Waals surface area contributed by atoms with E-state index in [9.17, 15) is 0 Å². The summed E-state index contributed by atoms with van der Waals surface area (Å²) in [6.07, 6.45) is 2.92. The smallest absolute Gasteiger partial charge is 0.0930 e. The van der Waals surface area contributed by atoms with Crippen LogP contribution in [0.4, 0.5) is 0 Å². The number of thiophene rings is 1. The molecule has 0 bridgehead atoms. The van der Waals surface area contributed by atoms with Crippen molar-refractivity contribution >= 4 is 22.7 Å². The Morgan fingerprint density at radius 3 is 2.26 bits per heavy atom. The van der Waals surface area contributed by atoms with Crippen molar-refractivity contribution in [2.45, 2.75) is 19.3 Å². The van der Waals surface area contributed by atoms with Crippen LogP contribution in [0.1, 0.15) is 23.4 Å². The lowest BCUT2D eigenvalue weighted by Crippen LogP contribution is -1.97. The number of hydrogen-bond donors (Lipinski definition) is 0. The molecule has 0 saturated carbocycles. The first-order valence-corrected chi connectivity index (χ1v) is 8.09. The fourth-order valence-electron chi connectivity index (χ4n) is 1.74. The van der Waals surface area contributed by atoms with Gasteiger partial charge in [0.15, 0.2) is 0 Å². The first-order valence-electron chi connectivity index (χ1n) is 6.26. The number of benzene rings is 1. The van der Waals surface area contributed by atoms with Gasteiger partial charge in [0.1, 0.15) is 0 Å². The van der Waals surface area contributed by atoms with Crippen LogP contribution in [-0.2, 0) is 6.42 Å². The molecule has 1 unspecified atom stereocenters. The molecule has 1 aromatic carbocycles. The van der Waals surface area contributed by atoms with Crippen molar-refractivity contribution in [3.8, 4) is 0 Å². The maximum absolute atomic E-state index is 4.30. The molecule has 3 rings (SSSR count). The second kappa shape index (κ2) is 7.87. The van der Waals surface area contributed by atoms with Gasteiger partial charge in [-0.25, -0.2) is 4.98 Å². The van der Waals surface area contributed by atoms with Crippen LogP contribution in [-0.4, -0.2) is 4.98 Å². The summed E-state index contributed by atoms with van der Waals surface area (Å²) in [7, 11) is 0. The van der Waals surface area contributed by atoms with Gasteiger partial charge >= 0.3 is 0 Å². The van der Waals surface area contributed by atoms with E-state index in [-0.39, 0.29) is 0 Å². The number of nitrogens with zero attached hydrogens (tertiary/aromatic N) is 1. The van der Waals surface area contributed by atoms with Gasteiger partial charge in [-0.3, -0.25) is 0 Å². The van der Waals surface area contributed by atoms with E-state index in [0.717, 1.165) is 6.42 Å². The van der Waals surface area contributed by atoms with Crippen molar-refractivity contribution in [1.82, 2.24) is 4.98 Å². The van der Waals surface area contributed by atoms with Crippen LogP contribution in [0.15, 0.2) is 64.8 Å². The molecule has 0 aliphatic heterocycles. The lowest BCUT2D eigenvalue weighted by molar-refractivity contribution is 0.754. The Labute approximate surface area is 122 Å². The number of aromatic nitrogens is 1. The molecule has 98 valence electrons. The van der Waals surface area contributed by atoms with E-state index in [1.54, 1.807) is 22.7 Å². The number of thiazole rings is 1. The van der Waals surface area contributed by atoms with Crippen LogP contribution in [0.25, 0.3) is 0 Å². The monoisotopic (exact) mass is 287 g/mol. The topological polar surface area (TPSA) is 12.9 Å². The highest BCUT2D eigenvalue weighted by Crippen LogP contribution is 2.20. The summed E-state index contributed by atoms with van der Waals surface area (Å²) in [6.45, 7) is 2.25. The molecule has 1 nitrogen and oxygen atoms in total. The van der Waals surface area contributed by atoms with Gasteiger partial charge < -0.3 is 0 Å². The van der Waals surface area contributed by atoms with Crippen LogP contribution in [0.5, 0.6) is 0 Å². The molecule has 2 heterocycles. The predicted molar refractivity (Wildman–Crippen MR) is 85.0 cm³/mol. The van der Waals surface area contributed by atoms with Crippen molar-refractivity contribution in [2.75, 3.05) is 0 Å². The Morgan fingerprint density at radius 2 is 1.74 bits per heavy atom. The zero-order chi connectivity index (χ0) is 13.3. The molecule has 0 aliphatic carbocycles. The highest BCUT2D eigenvalue weighted by molar-refractivity contribution is 7.09. The largest absolute Gasteiger partial charge is 0.250 e. The molecule has 1 atom stereocenters. The van der Waals surface area contributed by atoms with Gasteiger partial charge in [-0.15, -0.1) is 11.3 Å². The van der Waals surface area contributed by atoms with Gasteiger partial charge in [0.2, 0.25) is 0 Å². The summed E-state index contributed by atoms with van der Waals surface area (Å²) in [5, 5.41) is 7.34. The van der Waals surface area contributed by atoms with Crippen LogP contribution in [0.3, 0.4) is 0 Å². The molecular formula is C16H17NS2. The summed E-state index contributed by atoms with van der Waals surface area (Å²) >= 11 is 3.45. The Bertz CT molecular complexity index is 512. The van der Waals surface area contributed by atoms with Crippen LogP contribution in [0.2, 0.25) is 0 Å². The third-order valence-corrected chi connectivity index (χ3v) is 4.19. The zero-order valence-electron chi connectivity index (χ0n) is 10.9. The molecule has 3 heteroatoms. The van der Waals surface area contributed by atoms with Crippen molar-refractivity contribution in [3.05, 3.63) is 75.4 Å². The van der Waals surface area contributed by atoms with Crippen molar-refractivity contribution in [2.24, 2.45) is 0 Å². The van der Waals surface area contributed by atoms with Gasteiger partial charge in [-0.1, -0.05) is 49.4 Å². The van der Waals surface area contributed by atoms with Crippen LogP contribution < -0.4 is 0 Å². The minimum atomic E-state index is 0.558. The lowest BCUT2D eigenvalue weighted by atomic mass is 9.98. The van der Waals surface area contributed by atoms with Gasteiger partial charge in [0.05, 0.1) is 5.01 Å². The molecule has 0 spiro atoms. The van der Waals surface area contributed by atoms with Crippen molar-refractivity contribution in [3.63, 3.8) is 0 Å². The second-order valence-electron chi connectivity index (χ2n) is 4.23. The molecule has 3 aromatic rings. The van der Waals surface area contributed by atoms with Crippen LogP contribution in [0, 0.1) is 0 Å². The fourth-order valence-corrected chi connectivity index (χ4v) is 2.94. The lowest BCUT2D eigenvalue weighted by Gasteiger charge is -2.09. The Balaban J connectivity index is 0.000000224. The molecule has 2 aromatic heterocycles. The Hall–Kier alpha value is -1.45. The SMILES string of the molecule is CC(Cc1nccs1)c1ccccc1.c1ccsc1. The molecule has 0 amide bonds. The minimum Gasteiger partial charge on any atom is -0.250 e. The second-order valence-corrected chi connectivity index (χ2v) is 6.03. The number of rotatable bonds is 3. The molecule has 0 saturated heterocycles. The standard InChI is InChI=1S/C12H13NS.C4H4S/c1-10(9-12-13-7-8-14-12)11-5-3-2-4-6-11;1-2-4-5-3-1/h2-8,10H,9H2,1H3;1-4H. The van der Waals surface area contributed by atoms with Gasteiger partial charge in [0.25, 0.3) is 0 Å². The summed E-state index contributed by atoms with van der Waals surface area (Å²) in [5.41, 5.74) is 1.39. The van der Waals surface area contributed by atoms with Crippen molar-refractivity contribution in [1.29, 1.82) is 0 Å². The van der Waals surface area contributed by atoms with E-state index >= 15 is 0 Å². The Morgan fingerprint density at radius 1 is 1.00 bits per heavy atom. The van der Waals surface area contributed by atoms with E-state index in [1.807, 2.05) is 34.5 Å². The molecule has 0 radical (unpaired) electrons. The van der Waals surface area contributed by atoms with Crippen LogP contribution >= 0.6 is 22.7 Å². The average molecular weight is 287 g/mol. The summed E-state index contributed by atoms with van der Waals surface area (Å²) in [6, 6.07) is 14.6. The predicted octanol–water partition coefficient (Wildman–Crippen LogP) is 5.24. The summed E-state index contributed by atoms with van der Waals surface area (Å²) in [5.74, 6) is 0.558. The maximum atomic E-state index is 4.30. The number of hydrogen-bond acceptors (Lipinski definition) is 3. The average Bonchev–Trinajstić information content (AvgIpc) is 3.15. The first-order chi connectivity index (χ1) is 9.36. The highest BCUT2D eigenvalue weighted by atomic mass is 32.1. The van der Waals surface area contributed by atoms with E-state index in [4.69, 9.17) is 0 Å². The molecule has 19 heavy (non-hydrogen) atoms. The Kier molecular flexibility index (Phi) is 5.79. The summed E-state index contributed by atoms with van der Waals surface area (Å²) in [4.78, 5) is 4.30. The van der Waals surface area contributed by atoms with Gasteiger partial charge in [-0.2, -0.15) is 11.3 Å². The third kappa shape index (κ3) is 4.97. The van der Waals surface area contributed by atoms with E-state index in [0.29, 0.717) is 5.92 Å². The maximum Gasteiger partial charge on any atom is 0.0930 e. The first kappa shape index (κ1) is 14.0. The molecule has 0 N–H and O–H groups in total. The van der Waals surface area contributed by atoms with Gasteiger partial charge in [0, 0.05) is 18.0 Å². The minimum absolute atomic E-state index is 0.558. The van der Waals surface area contributed by atoms with Gasteiger partial charge in [-0.05, 0) is 22.2 Å². The normalized spacial score (nSPS) is 11.4. The fraction of sp³-hybridized carbons (Fsp3) is 0.188. The van der Waals surface area contributed by atoms with E-state index < -0.39 is 0 Å². The quantitative estimate of drug-likeness (QED) is 0.642. The summed E-state index contributed by atoms with van der Waals surface area (Å²) < 4.78 is 0. The van der Waals surface area contributed by atoms with E-state index in [1.165, 1.54) is 10.6 Å². The van der Waals surface area contributed by atoms with Crippen molar-refractivity contribution < 1.29 is 0 Å².